The Morgan fingerprint density at radius 2 is 1.59 bits per heavy atom. The third-order valence-corrected chi connectivity index (χ3v) is 2.64. The van der Waals surface area contributed by atoms with Crippen molar-refractivity contribution in [3.63, 3.8) is 0 Å². The third-order valence-electron chi connectivity index (χ3n) is 2.64. The lowest BCUT2D eigenvalue weighted by molar-refractivity contribution is 0.209. The minimum atomic E-state index is 0.740. The summed E-state index contributed by atoms with van der Waals surface area (Å²) in [6, 6.07) is 7.56. The standard InChI is InChI=1S/C14H24N2O/c1-3-9-16(10-4-2)11-12-17-14-7-5-13(15)6-8-14/h5-8H,3-4,9-12,15H2,1-2H3. The molecule has 0 unspecified atom stereocenters. The summed E-state index contributed by atoms with van der Waals surface area (Å²) in [5, 5.41) is 0. The van der Waals surface area contributed by atoms with Gasteiger partial charge in [0.1, 0.15) is 12.4 Å². The van der Waals surface area contributed by atoms with E-state index in [9.17, 15) is 0 Å². The zero-order valence-corrected chi connectivity index (χ0v) is 11.0. The number of ether oxygens (including phenoxy) is 1. The molecular weight excluding hydrogens is 212 g/mol. The molecule has 1 rings (SSSR count). The van der Waals surface area contributed by atoms with Crippen LogP contribution < -0.4 is 10.5 Å². The number of rotatable bonds is 8. The summed E-state index contributed by atoms with van der Waals surface area (Å²) in [6.45, 7) is 8.46. The maximum Gasteiger partial charge on any atom is 0.119 e. The number of hydrogen-bond donors (Lipinski definition) is 1. The Balaban J connectivity index is 2.27. The van der Waals surface area contributed by atoms with Crippen LogP contribution >= 0.6 is 0 Å². The van der Waals surface area contributed by atoms with Gasteiger partial charge in [-0.2, -0.15) is 0 Å². The Bertz CT molecular complexity index is 292. The average molecular weight is 236 g/mol. The molecule has 0 spiro atoms. The summed E-state index contributed by atoms with van der Waals surface area (Å²) >= 11 is 0. The van der Waals surface area contributed by atoms with Gasteiger partial charge in [0, 0.05) is 12.2 Å². The highest BCUT2D eigenvalue weighted by Crippen LogP contribution is 2.12. The maximum atomic E-state index is 5.69. The summed E-state index contributed by atoms with van der Waals surface area (Å²) in [4.78, 5) is 2.44. The lowest BCUT2D eigenvalue weighted by Gasteiger charge is -2.20. The van der Waals surface area contributed by atoms with Gasteiger partial charge in [0.05, 0.1) is 0 Å². The van der Waals surface area contributed by atoms with E-state index in [-0.39, 0.29) is 0 Å². The monoisotopic (exact) mass is 236 g/mol. The Morgan fingerprint density at radius 3 is 2.12 bits per heavy atom. The van der Waals surface area contributed by atoms with Crippen LogP contribution in [0.15, 0.2) is 24.3 Å². The summed E-state index contributed by atoms with van der Waals surface area (Å²) < 4.78 is 5.69. The number of anilines is 1. The number of nitrogen functional groups attached to an aromatic ring is 1. The van der Waals surface area contributed by atoms with Crippen LogP contribution in [0.4, 0.5) is 5.69 Å². The van der Waals surface area contributed by atoms with Crippen LogP contribution in [0.5, 0.6) is 5.75 Å². The smallest absolute Gasteiger partial charge is 0.119 e. The van der Waals surface area contributed by atoms with E-state index in [1.54, 1.807) is 0 Å². The van der Waals surface area contributed by atoms with Crippen molar-refractivity contribution in [2.45, 2.75) is 26.7 Å². The van der Waals surface area contributed by atoms with Crippen molar-refractivity contribution < 1.29 is 4.74 Å². The van der Waals surface area contributed by atoms with Gasteiger partial charge in [0.2, 0.25) is 0 Å². The fourth-order valence-corrected chi connectivity index (χ4v) is 1.82. The molecular formula is C14H24N2O. The lowest BCUT2D eigenvalue weighted by Crippen LogP contribution is -2.30. The van der Waals surface area contributed by atoms with Gasteiger partial charge in [-0.15, -0.1) is 0 Å². The van der Waals surface area contributed by atoms with Crippen LogP contribution in [0.1, 0.15) is 26.7 Å². The topological polar surface area (TPSA) is 38.5 Å². The first-order valence-corrected chi connectivity index (χ1v) is 6.47. The first-order chi connectivity index (χ1) is 8.26. The van der Waals surface area contributed by atoms with Crippen LogP contribution in [0, 0.1) is 0 Å². The van der Waals surface area contributed by atoms with Crippen LogP contribution in [-0.2, 0) is 0 Å². The molecule has 96 valence electrons. The van der Waals surface area contributed by atoms with Crippen molar-refractivity contribution in [1.29, 1.82) is 0 Å². The maximum absolute atomic E-state index is 5.69. The summed E-state index contributed by atoms with van der Waals surface area (Å²) in [6.07, 6.45) is 2.39. The van der Waals surface area contributed by atoms with E-state index >= 15 is 0 Å². The molecule has 0 fully saturated rings. The minimum Gasteiger partial charge on any atom is -0.492 e. The van der Waals surface area contributed by atoms with E-state index in [1.807, 2.05) is 24.3 Å². The molecule has 1 aromatic rings. The van der Waals surface area contributed by atoms with E-state index in [0.717, 1.165) is 37.7 Å². The van der Waals surface area contributed by atoms with Crippen molar-refractivity contribution in [3.8, 4) is 5.75 Å². The molecule has 0 aromatic heterocycles. The van der Waals surface area contributed by atoms with Crippen LogP contribution in [0.2, 0.25) is 0 Å². The Hall–Kier alpha value is -1.22. The van der Waals surface area contributed by atoms with Crippen LogP contribution in [-0.4, -0.2) is 31.1 Å². The second-order valence-corrected chi connectivity index (χ2v) is 4.26. The second-order valence-electron chi connectivity index (χ2n) is 4.26. The molecule has 0 saturated carbocycles. The second kappa shape index (κ2) is 7.96. The van der Waals surface area contributed by atoms with Crippen molar-refractivity contribution in [3.05, 3.63) is 24.3 Å². The Kier molecular flexibility index (Phi) is 6.48. The van der Waals surface area contributed by atoms with E-state index in [2.05, 4.69) is 18.7 Å². The summed E-state index contributed by atoms with van der Waals surface area (Å²) in [5.74, 6) is 0.896. The highest BCUT2D eigenvalue weighted by molar-refractivity contribution is 5.41. The third kappa shape index (κ3) is 5.59. The Morgan fingerprint density at radius 1 is 1.00 bits per heavy atom. The largest absolute Gasteiger partial charge is 0.492 e. The first kappa shape index (κ1) is 13.8. The number of nitrogens with two attached hydrogens (primary N) is 1. The van der Waals surface area contributed by atoms with Crippen molar-refractivity contribution in [2.75, 3.05) is 32.0 Å². The highest BCUT2D eigenvalue weighted by Gasteiger charge is 2.02. The molecule has 0 aliphatic rings. The van der Waals surface area contributed by atoms with E-state index < -0.39 is 0 Å². The zero-order valence-electron chi connectivity index (χ0n) is 11.0. The molecule has 0 bridgehead atoms. The van der Waals surface area contributed by atoms with Crippen molar-refractivity contribution in [1.82, 2.24) is 4.90 Å². The molecule has 3 nitrogen and oxygen atoms in total. The molecule has 2 N–H and O–H groups in total. The fourth-order valence-electron chi connectivity index (χ4n) is 1.82. The van der Waals surface area contributed by atoms with Gasteiger partial charge in [0.15, 0.2) is 0 Å². The predicted molar refractivity (Wildman–Crippen MR) is 73.4 cm³/mol. The van der Waals surface area contributed by atoms with E-state index in [4.69, 9.17) is 10.5 Å². The van der Waals surface area contributed by atoms with Gasteiger partial charge in [-0.1, -0.05) is 13.8 Å². The van der Waals surface area contributed by atoms with Gasteiger partial charge in [-0.05, 0) is 50.2 Å². The fraction of sp³-hybridized carbons (Fsp3) is 0.571. The predicted octanol–water partition coefficient (Wildman–Crippen LogP) is 2.77. The molecule has 1 aromatic carbocycles. The molecule has 17 heavy (non-hydrogen) atoms. The first-order valence-electron chi connectivity index (χ1n) is 6.47. The molecule has 0 saturated heterocycles. The summed E-state index contributed by atoms with van der Waals surface area (Å²) in [5.41, 5.74) is 6.39. The van der Waals surface area contributed by atoms with Crippen LogP contribution in [0.3, 0.4) is 0 Å². The lowest BCUT2D eigenvalue weighted by atomic mass is 10.3. The number of hydrogen-bond acceptors (Lipinski definition) is 3. The molecule has 3 heteroatoms. The van der Waals surface area contributed by atoms with Gasteiger partial charge < -0.3 is 10.5 Å². The molecule has 0 heterocycles. The SMILES string of the molecule is CCCN(CCC)CCOc1ccc(N)cc1. The minimum absolute atomic E-state index is 0.740. The average Bonchev–Trinajstić information content (AvgIpc) is 2.32. The molecule has 0 atom stereocenters. The molecule has 0 radical (unpaired) electrons. The van der Waals surface area contributed by atoms with Crippen molar-refractivity contribution in [2.24, 2.45) is 0 Å². The van der Waals surface area contributed by atoms with E-state index in [0.29, 0.717) is 0 Å². The number of nitrogens with zero attached hydrogens (tertiary/aromatic N) is 1. The quantitative estimate of drug-likeness (QED) is 0.705. The van der Waals surface area contributed by atoms with Crippen LogP contribution in [0.25, 0.3) is 0 Å². The zero-order chi connectivity index (χ0) is 12.5. The van der Waals surface area contributed by atoms with Crippen molar-refractivity contribution >= 4 is 5.69 Å². The van der Waals surface area contributed by atoms with Gasteiger partial charge in [-0.3, -0.25) is 4.90 Å². The van der Waals surface area contributed by atoms with E-state index in [1.165, 1.54) is 12.8 Å². The summed E-state index contributed by atoms with van der Waals surface area (Å²) in [7, 11) is 0. The molecule has 0 aliphatic heterocycles. The van der Waals surface area contributed by atoms with Gasteiger partial charge in [-0.25, -0.2) is 0 Å². The highest BCUT2D eigenvalue weighted by atomic mass is 16.5. The normalized spacial score (nSPS) is 10.8. The molecule has 0 amide bonds. The van der Waals surface area contributed by atoms with Gasteiger partial charge >= 0.3 is 0 Å². The number of benzene rings is 1. The molecule has 0 aliphatic carbocycles. The Labute approximate surface area is 105 Å². The van der Waals surface area contributed by atoms with Gasteiger partial charge in [0.25, 0.3) is 0 Å².